The van der Waals surface area contributed by atoms with Gasteiger partial charge in [-0.2, -0.15) is 0 Å². The van der Waals surface area contributed by atoms with E-state index in [-0.39, 0.29) is 6.04 Å². The Kier molecular flexibility index (Phi) is 11.5. The van der Waals surface area contributed by atoms with Gasteiger partial charge in [-0.1, -0.05) is 26.0 Å². The number of guanidine groups is 1. The molecule has 0 amide bonds. The Morgan fingerprint density at radius 3 is 2.54 bits per heavy atom. The van der Waals surface area contributed by atoms with Crippen molar-refractivity contribution in [1.29, 1.82) is 0 Å². The van der Waals surface area contributed by atoms with E-state index >= 15 is 0 Å². The second kappa shape index (κ2) is 13.4. The first-order valence-electron chi connectivity index (χ1n) is 9.67. The first-order chi connectivity index (χ1) is 12.7. The summed E-state index contributed by atoms with van der Waals surface area (Å²) in [6.07, 6.45) is 0. The highest BCUT2D eigenvalue weighted by atomic mass is 16.5. The van der Waals surface area contributed by atoms with Crippen LogP contribution in [0.25, 0.3) is 0 Å². The van der Waals surface area contributed by atoms with Gasteiger partial charge in [0.05, 0.1) is 26.3 Å². The van der Waals surface area contributed by atoms with Crippen molar-refractivity contribution in [3.8, 4) is 5.75 Å². The normalized spacial score (nSPS) is 12.9. The molecule has 1 rings (SSSR count). The molecule has 26 heavy (non-hydrogen) atoms. The third kappa shape index (κ3) is 7.62. The number of likely N-dealkylation sites (N-methyl/N-ethyl adjacent to an activating group) is 1. The topological polar surface area (TPSA) is 58.1 Å². The fourth-order valence-electron chi connectivity index (χ4n) is 2.85. The number of rotatable bonds is 12. The minimum atomic E-state index is 0.211. The summed E-state index contributed by atoms with van der Waals surface area (Å²) in [7, 11) is 1.70. The Morgan fingerprint density at radius 1 is 1.15 bits per heavy atom. The van der Waals surface area contributed by atoms with Crippen LogP contribution in [-0.2, 0) is 4.74 Å². The van der Waals surface area contributed by atoms with Crippen LogP contribution < -0.4 is 15.4 Å². The molecule has 0 radical (unpaired) electrons. The zero-order valence-corrected chi connectivity index (χ0v) is 17.0. The molecular formula is C20H36N4O2. The minimum Gasteiger partial charge on any atom is -0.497 e. The highest BCUT2D eigenvalue weighted by Gasteiger charge is 2.18. The second-order valence-corrected chi connectivity index (χ2v) is 5.86. The lowest BCUT2D eigenvalue weighted by molar-refractivity contribution is 0.152. The lowest BCUT2D eigenvalue weighted by atomic mass is 10.0. The van der Waals surface area contributed by atoms with E-state index < -0.39 is 0 Å². The molecule has 0 spiro atoms. The van der Waals surface area contributed by atoms with Crippen molar-refractivity contribution in [2.24, 2.45) is 4.99 Å². The Morgan fingerprint density at radius 2 is 1.92 bits per heavy atom. The van der Waals surface area contributed by atoms with Crippen LogP contribution in [0.5, 0.6) is 5.75 Å². The summed E-state index contributed by atoms with van der Waals surface area (Å²) >= 11 is 0. The average Bonchev–Trinajstić information content (AvgIpc) is 2.68. The number of nitrogens with one attached hydrogen (secondary N) is 2. The summed E-state index contributed by atoms with van der Waals surface area (Å²) in [6, 6.07) is 8.48. The van der Waals surface area contributed by atoms with Crippen LogP contribution >= 0.6 is 0 Å². The van der Waals surface area contributed by atoms with Crippen molar-refractivity contribution in [2.75, 3.05) is 53.0 Å². The van der Waals surface area contributed by atoms with Crippen molar-refractivity contribution in [1.82, 2.24) is 15.5 Å². The number of aliphatic imine (C=N–C) groups is 1. The van der Waals surface area contributed by atoms with Gasteiger partial charge in [-0.3, -0.25) is 9.89 Å². The van der Waals surface area contributed by atoms with Crippen molar-refractivity contribution >= 4 is 5.96 Å². The summed E-state index contributed by atoms with van der Waals surface area (Å²) in [4.78, 5) is 7.24. The first-order valence-corrected chi connectivity index (χ1v) is 9.67. The first kappa shape index (κ1) is 22.3. The fraction of sp³-hybridized carbons (Fsp3) is 0.650. The van der Waals surface area contributed by atoms with Gasteiger partial charge in [-0.25, -0.2) is 0 Å². The van der Waals surface area contributed by atoms with Crippen LogP contribution in [0.1, 0.15) is 39.3 Å². The molecule has 6 heteroatoms. The number of nitrogens with zero attached hydrogens (tertiary/aromatic N) is 2. The van der Waals surface area contributed by atoms with Gasteiger partial charge in [0.15, 0.2) is 5.96 Å². The largest absolute Gasteiger partial charge is 0.497 e. The van der Waals surface area contributed by atoms with Crippen LogP contribution in [0.15, 0.2) is 29.3 Å². The second-order valence-electron chi connectivity index (χ2n) is 5.86. The van der Waals surface area contributed by atoms with E-state index in [4.69, 9.17) is 14.5 Å². The summed E-state index contributed by atoms with van der Waals surface area (Å²) in [5.74, 6) is 1.71. The van der Waals surface area contributed by atoms with E-state index in [1.54, 1.807) is 7.11 Å². The van der Waals surface area contributed by atoms with E-state index in [0.717, 1.165) is 44.5 Å². The summed E-state index contributed by atoms with van der Waals surface area (Å²) in [5, 5.41) is 6.63. The van der Waals surface area contributed by atoms with Crippen LogP contribution in [0, 0.1) is 0 Å². The molecule has 1 unspecified atom stereocenters. The van der Waals surface area contributed by atoms with Gasteiger partial charge in [0.25, 0.3) is 0 Å². The molecule has 1 aromatic carbocycles. The van der Waals surface area contributed by atoms with Gasteiger partial charge in [-0.05, 0) is 44.6 Å². The predicted octanol–water partition coefficient (Wildman–Crippen LogP) is 2.67. The number of benzene rings is 1. The zero-order chi connectivity index (χ0) is 19.2. The van der Waals surface area contributed by atoms with Gasteiger partial charge < -0.3 is 20.1 Å². The molecule has 6 nitrogen and oxygen atoms in total. The molecule has 0 aliphatic rings. The molecule has 0 aromatic heterocycles. The van der Waals surface area contributed by atoms with Crippen LogP contribution in [0.2, 0.25) is 0 Å². The Labute approximate surface area is 159 Å². The van der Waals surface area contributed by atoms with E-state index in [2.05, 4.69) is 48.4 Å². The average molecular weight is 365 g/mol. The van der Waals surface area contributed by atoms with Crippen LogP contribution in [0.4, 0.5) is 0 Å². The Bertz CT molecular complexity index is 518. The molecule has 148 valence electrons. The highest BCUT2D eigenvalue weighted by molar-refractivity contribution is 5.79. The quantitative estimate of drug-likeness (QED) is 0.339. The molecule has 1 atom stereocenters. The van der Waals surface area contributed by atoms with Gasteiger partial charge in [-0.15, -0.1) is 0 Å². The molecule has 0 heterocycles. The molecule has 0 aliphatic carbocycles. The number of hydrogen-bond donors (Lipinski definition) is 2. The van der Waals surface area contributed by atoms with Crippen molar-refractivity contribution in [3.05, 3.63) is 29.8 Å². The summed E-state index contributed by atoms with van der Waals surface area (Å²) in [5.41, 5.74) is 1.22. The van der Waals surface area contributed by atoms with Gasteiger partial charge in [0.2, 0.25) is 0 Å². The maximum Gasteiger partial charge on any atom is 0.191 e. The van der Waals surface area contributed by atoms with Crippen molar-refractivity contribution < 1.29 is 9.47 Å². The van der Waals surface area contributed by atoms with Crippen LogP contribution in [-0.4, -0.2) is 63.9 Å². The van der Waals surface area contributed by atoms with Gasteiger partial charge in [0.1, 0.15) is 5.75 Å². The zero-order valence-electron chi connectivity index (χ0n) is 17.0. The monoisotopic (exact) mass is 364 g/mol. The Balaban J connectivity index is 2.91. The number of ether oxygens (including phenoxy) is 2. The molecule has 1 aromatic rings. The number of hydrogen-bond acceptors (Lipinski definition) is 4. The van der Waals surface area contributed by atoms with E-state index in [1.165, 1.54) is 5.56 Å². The minimum absolute atomic E-state index is 0.211. The standard InChI is InChI=1S/C20H36N4O2/c1-6-21-20(22-13-14-26-9-4)23-16-19(24(7-2)8-3)17-11-10-12-18(15-17)25-5/h10-12,15,19H,6-9,13-14,16H2,1-5H3,(H2,21,22,23). The SMILES string of the molecule is CCNC(=NCC(c1cccc(OC)c1)N(CC)CC)NCCOCC. The third-order valence-corrected chi connectivity index (χ3v) is 4.24. The van der Waals surface area contributed by atoms with E-state index in [9.17, 15) is 0 Å². The lowest BCUT2D eigenvalue weighted by Crippen LogP contribution is -2.40. The van der Waals surface area contributed by atoms with E-state index in [1.807, 2.05) is 19.1 Å². The molecule has 0 saturated carbocycles. The molecule has 0 bridgehead atoms. The molecular weight excluding hydrogens is 328 g/mol. The van der Waals surface area contributed by atoms with Gasteiger partial charge >= 0.3 is 0 Å². The van der Waals surface area contributed by atoms with E-state index in [0.29, 0.717) is 13.2 Å². The summed E-state index contributed by atoms with van der Waals surface area (Å²) < 4.78 is 10.8. The fourth-order valence-corrected chi connectivity index (χ4v) is 2.85. The maximum atomic E-state index is 5.40. The van der Waals surface area contributed by atoms with Crippen molar-refractivity contribution in [2.45, 2.75) is 33.7 Å². The number of methoxy groups -OCH3 is 1. The lowest BCUT2D eigenvalue weighted by Gasteiger charge is -2.29. The Hall–Kier alpha value is -1.79. The summed E-state index contributed by atoms with van der Waals surface area (Å²) in [6.45, 7) is 14.1. The molecule has 0 saturated heterocycles. The maximum absolute atomic E-state index is 5.40. The molecule has 0 fully saturated rings. The molecule has 0 aliphatic heterocycles. The van der Waals surface area contributed by atoms with Crippen molar-refractivity contribution in [3.63, 3.8) is 0 Å². The highest BCUT2D eigenvalue weighted by Crippen LogP contribution is 2.24. The smallest absolute Gasteiger partial charge is 0.191 e. The molecule has 2 N–H and O–H groups in total. The third-order valence-electron chi connectivity index (χ3n) is 4.24. The van der Waals surface area contributed by atoms with Gasteiger partial charge in [0, 0.05) is 19.7 Å². The predicted molar refractivity (Wildman–Crippen MR) is 109 cm³/mol. The van der Waals surface area contributed by atoms with Crippen LogP contribution in [0.3, 0.4) is 0 Å².